The van der Waals surface area contributed by atoms with Crippen LogP contribution in [0.5, 0.6) is 0 Å². The van der Waals surface area contributed by atoms with Gasteiger partial charge in [0.25, 0.3) is 0 Å². The highest BCUT2D eigenvalue weighted by Gasteiger charge is 1.95. The lowest BCUT2D eigenvalue weighted by atomic mass is 10.1. The highest BCUT2D eigenvalue weighted by molar-refractivity contribution is 8.00. The van der Waals surface area contributed by atoms with Crippen LogP contribution in [-0.4, -0.2) is 22.6 Å². The van der Waals surface area contributed by atoms with Crippen LogP contribution in [0.2, 0.25) is 0 Å². The van der Waals surface area contributed by atoms with Crippen molar-refractivity contribution in [2.75, 3.05) is 11.5 Å². The average Bonchev–Trinajstić information content (AvgIpc) is 2.34. The summed E-state index contributed by atoms with van der Waals surface area (Å²) in [7, 11) is 0. The smallest absolute Gasteiger partial charge is 0.313 e. The molecule has 0 saturated heterocycles. The first kappa shape index (κ1) is 22.3. The molecule has 0 atom stereocenters. The maximum Gasteiger partial charge on any atom is 0.313 e. The maximum atomic E-state index is 10.4. The van der Waals surface area contributed by atoms with Crippen molar-refractivity contribution in [3.63, 3.8) is 0 Å². The predicted octanol–water partition coefficient (Wildman–Crippen LogP) is 5.86. The number of hydrogen-bond donors (Lipinski definition) is 1. The van der Waals surface area contributed by atoms with Gasteiger partial charge in [-0.2, -0.15) is 0 Å². The molecule has 0 aliphatic rings. The molecule has 0 fully saturated rings. The molecule has 0 rings (SSSR count). The lowest BCUT2D eigenvalue weighted by molar-refractivity contribution is -0.133. The fourth-order valence-electron chi connectivity index (χ4n) is 1.69. The Labute approximate surface area is 135 Å². The fraction of sp³-hybridized carbons (Fsp3) is 0.611. The molecule has 0 radical (unpaired) electrons. The zero-order chi connectivity index (χ0) is 15.4. The maximum absolute atomic E-state index is 10.4. The third-order valence-electron chi connectivity index (χ3n) is 2.90. The third kappa shape index (κ3) is 17.0. The molecule has 0 aromatic carbocycles. The van der Waals surface area contributed by atoms with E-state index >= 15 is 0 Å². The summed E-state index contributed by atoms with van der Waals surface area (Å²) >= 11 is 1.45. The van der Waals surface area contributed by atoms with Gasteiger partial charge >= 0.3 is 5.97 Å². The zero-order valence-corrected chi connectivity index (χ0v) is 14.1. The second kappa shape index (κ2) is 14.0. The van der Waals surface area contributed by atoms with Crippen molar-refractivity contribution in [2.45, 2.75) is 60.8 Å². The van der Waals surface area contributed by atoms with Crippen LogP contribution in [0.4, 0.5) is 0 Å². The molecule has 0 spiro atoms. The Bertz CT molecular complexity index is 375. The molecule has 0 amide bonds. The van der Waals surface area contributed by atoms with Crippen molar-refractivity contribution >= 4 is 17.7 Å². The number of hydrogen-bond acceptors (Lipinski definition) is 2. The molecule has 0 bridgehead atoms. The summed E-state index contributed by atoms with van der Waals surface area (Å²) < 4.78 is 0. The minimum absolute atomic E-state index is 0. The summed E-state index contributed by atoms with van der Waals surface area (Å²) in [5, 5.41) is 8.53. The highest BCUT2D eigenvalue weighted by atomic mass is 32.2. The van der Waals surface area contributed by atoms with E-state index in [-0.39, 0.29) is 13.2 Å². The van der Waals surface area contributed by atoms with E-state index in [2.05, 4.69) is 45.9 Å². The quantitative estimate of drug-likeness (QED) is 0.405. The number of aliphatic carboxylic acids is 1. The zero-order valence-electron chi connectivity index (χ0n) is 13.2. The van der Waals surface area contributed by atoms with Crippen molar-refractivity contribution in [1.82, 2.24) is 0 Å². The van der Waals surface area contributed by atoms with Gasteiger partial charge in [0.05, 0.1) is 5.75 Å². The van der Waals surface area contributed by atoms with Crippen LogP contribution < -0.4 is 0 Å². The summed E-state index contributed by atoms with van der Waals surface area (Å²) in [5.74, 6) is 0.241. The molecule has 0 heterocycles. The molecule has 0 aliphatic carbocycles. The normalized spacial score (nSPS) is 11.8. The van der Waals surface area contributed by atoms with Gasteiger partial charge in [-0.25, -0.2) is 0 Å². The third-order valence-corrected chi connectivity index (χ3v) is 3.75. The van der Waals surface area contributed by atoms with Crippen LogP contribution in [0.3, 0.4) is 0 Å². The molecule has 122 valence electrons. The number of carbonyl (C=O) groups is 1. The first-order valence-electron chi connectivity index (χ1n) is 7.16. The van der Waals surface area contributed by atoms with E-state index in [4.69, 9.17) is 5.11 Å². The summed E-state index contributed by atoms with van der Waals surface area (Å²) in [6.45, 7) is 8.58. The molecule has 0 aromatic rings. The minimum Gasteiger partial charge on any atom is -0.481 e. The Morgan fingerprint density at radius 1 is 0.952 bits per heavy atom. The fourth-order valence-corrected chi connectivity index (χ4v) is 2.38. The summed E-state index contributed by atoms with van der Waals surface area (Å²) in [6.07, 6.45) is 11.1. The van der Waals surface area contributed by atoms with E-state index in [0.29, 0.717) is 0 Å². The summed E-state index contributed by atoms with van der Waals surface area (Å²) in [4.78, 5) is 10.4. The standard InChI is InChI=1S/C17H28O2S.CH4/c1-14(2)7-5-8-15(3)9-6-10-16(4)11-12-20-13-17(18)19;/h7,9,11H,5-6,8,10,12-13H2,1-4H3,(H,18,19);1H4. The number of carboxylic acids is 1. The lowest BCUT2D eigenvalue weighted by Gasteiger charge is -2.01. The van der Waals surface area contributed by atoms with Crippen LogP contribution in [0, 0.1) is 0 Å². The van der Waals surface area contributed by atoms with Gasteiger partial charge in [-0.15, -0.1) is 11.8 Å². The van der Waals surface area contributed by atoms with Gasteiger partial charge in [0.1, 0.15) is 0 Å². The van der Waals surface area contributed by atoms with E-state index in [1.165, 1.54) is 28.5 Å². The minimum atomic E-state index is -0.740. The molecular formula is C18H32O2S. The molecule has 0 unspecified atom stereocenters. The number of carboxylic acid groups (broad SMARTS) is 1. The summed E-state index contributed by atoms with van der Waals surface area (Å²) in [6, 6.07) is 0. The van der Waals surface area contributed by atoms with Crippen LogP contribution in [0.15, 0.2) is 34.9 Å². The van der Waals surface area contributed by atoms with Gasteiger partial charge in [-0.3, -0.25) is 4.79 Å². The van der Waals surface area contributed by atoms with Gasteiger partial charge in [-0.05, 0) is 53.4 Å². The van der Waals surface area contributed by atoms with E-state index in [0.717, 1.165) is 31.4 Å². The van der Waals surface area contributed by atoms with Crippen molar-refractivity contribution in [2.24, 2.45) is 0 Å². The number of thioether (sulfide) groups is 1. The Morgan fingerprint density at radius 2 is 1.48 bits per heavy atom. The van der Waals surface area contributed by atoms with E-state index < -0.39 is 5.97 Å². The lowest BCUT2D eigenvalue weighted by Crippen LogP contribution is -1.98. The molecule has 2 nitrogen and oxygen atoms in total. The van der Waals surface area contributed by atoms with Crippen molar-refractivity contribution in [3.05, 3.63) is 34.9 Å². The molecule has 21 heavy (non-hydrogen) atoms. The van der Waals surface area contributed by atoms with Crippen molar-refractivity contribution in [3.8, 4) is 0 Å². The summed E-state index contributed by atoms with van der Waals surface area (Å²) in [5.41, 5.74) is 4.18. The van der Waals surface area contributed by atoms with E-state index in [9.17, 15) is 4.79 Å². The Hall–Kier alpha value is -0.960. The van der Waals surface area contributed by atoms with Crippen LogP contribution in [-0.2, 0) is 4.79 Å². The second-order valence-electron chi connectivity index (χ2n) is 5.37. The van der Waals surface area contributed by atoms with Crippen LogP contribution in [0.25, 0.3) is 0 Å². The average molecular weight is 313 g/mol. The first-order valence-corrected chi connectivity index (χ1v) is 8.31. The van der Waals surface area contributed by atoms with Gasteiger partial charge in [0, 0.05) is 5.75 Å². The molecule has 0 aliphatic heterocycles. The highest BCUT2D eigenvalue weighted by Crippen LogP contribution is 2.12. The molecular weight excluding hydrogens is 280 g/mol. The molecule has 0 saturated carbocycles. The predicted molar refractivity (Wildman–Crippen MR) is 97.1 cm³/mol. The first-order chi connectivity index (χ1) is 9.41. The van der Waals surface area contributed by atoms with E-state index in [1.807, 2.05) is 0 Å². The van der Waals surface area contributed by atoms with Gasteiger partial charge in [0.15, 0.2) is 0 Å². The van der Waals surface area contributed by atoms with Crippen molar-refractivity contribution in [1.29, 1.82) is 0 Å². The monoisotopic (exact) mass is 312 g/mol. The Morgan fingerprint density at radius 3 is 2.00 bits per heavy atom. The topological polar surface area (TPSA) is 37.3 Å². The number of rotatable bonds is 10. The molecule has 0 aromatic heterocycles. The van der Waals surface area contributed by atoms with Gasteiger partial charge < -0.3 is 5.11 Å². The van der Waals surface area contributed by atoms with Crippen molar-refractivity contribution < 1.29 is 9.90 Å². The Kier molecular flexibility index (Phi) is 14.9. The SMILES string of the molecule is C.CC(C)=CCCC(C)=CCCC(C)=CCSCC(=O)O. The molecule has 3 heteroatoms. The largest absolute Gasteiger partial charge is 0.481 e. The van der Waals surface area contributed by atoms with Crippen LogP contribution in [0.1, 0.15) is 60.8 Å². The molecule has 1 N–H and O–H groups in total. The van der Waals surface area contributed by atoms with Gasteiger partial charge in [-0.1, -0.05) is 42.4 Å². The van der Waals surface area contributed by atoms with Crippen LogP contribution >= 0.6 is 11.8 Å². The van der Waals surface area contributed by atoms with E-state index in [1.54, 1.807) is 0 Å². The Balaban J connectivity index is 0. The van der Waals surface area contributed by atoms with Gasteiger partial charge in [0.2, 0.25) is 0 Å². The number of allylic oxidation sites excluding steroid dienone is 5. The second-order valence-corrected chi connectivity index (χ2v) is 6.40.